The van der Waals surface area contributed by atoms with Crippen LogP contribution in [0.4, 0.5) is 0 Å². The number of aromatic hydroxyl groups is 1. The van der Waals surface area contributed by atoms with Crippen molar-refractivity contribution in [2.75, 3.05) is 6.54 Å². The molecule has 0 saturated carbocycles. The summed E-state index contributed by atoms with van der Waals surface area (Å²) in [5.41, 5.74) is 0.700. The summed E-state index contributed by atoms with van der Waals surface area (Å²) in [5, 5.41) is 9.42. The molecule has 0 spiro atoms. The molecule has 3 nitrogen and oxygen atoms in total. The minimum atomic E-state index is 0.232. The molecule has 1 N–H and O–H groups in total. The molecule has 0 amide bonds. The molecule has 1 aliphatic rings. The summed E-state index contributed by atoms with van der Waals surface area (Å²) in [6.45, 7) is 0.615. The van der Waals surface area contributed by atoms with E-state index < -0.39 is 0 Å². The molecule has 0 saturated heterocycles. The summed E-state index contributed by atoms with van der Waals surface area (Å²) in [6, 6.07) is 7.06. The Morgan fingerprint density at radius 2 is 2.08 bits per heavy atom. The van der Waals surface area contributed by atoms with E-state index in [1.54, 1.807) is 24.4 Å². The van der Waals surface area contributed by atoms with Gasteiger partial charge in [0.2, 0.25) is 0 Å². The third kappa shape index (κ3) is 1.09. The van der Waals surface area contributed by atoms with Gasteiger partial charge >= 0.3 is 0 Å². The predicted octanol–water partition coefficient (Wildman–Crippen LogP) is 1.22. The number of nitrogens with zero attached hydrogens (tertiary/aromatic N) is 2. The Labute approximate surface area is 70.1 Å². The van der Waals surface area contributed by atoms with Crippen LogP contribution in [-0.2, 0) is 0 Å². The van der Waals surface area contributed by atoms with Gasteiger partial charge in [-0.05, 0) is 12.1 Å². The van der Waals surface area contributed by atoms with E-state index in [-0.39, 0.29) is 5.75 Å². The molecule has 0 bridgehead atoms. The second-order valence-electron chi connectivity index (χ2n) is 2.49. The lowest BCUT2D eigenvalue weighted by Crippen LogP contribution is -1.93. The van der Waals surface area contributed by atoms with E-state index in [1.807, 2.05) is 6.07 Å². The van der Waals surface area contributed by atoms with Crippen molar-refractivity contribution in [3.05, 3.63) is 29.8 Å². The molecule has 0 aromatic heterocycles. The number of amidine groups is 1. The van der Waals surface area contributed by atoms with Crippen molar-refractivity contribution < 1.29 is 5.11 Å². The molecule has 1 aromatic rings. The van der Waals surface area contributed by atoms with Gasteiger partial charge in [-0.3, -0.25) is 4.99 Å². The van der Waals surface area contributed by atoms with Gasteiger partial charge < -0.3 is 5.11 Å². The fourth-order valence-electron chi connectivity index (χ4n) is 1.11. The minimum Gasteiger partial charge on any atom is -0.507 e. The predicted molar refractivity (Wildman–Crippen MR) is 48.0 cm³/mol. The van der Waals surface area contributed by atoms with E-state index in [2.05, 4.69) is 9.98 Å². The van der Waals surface area contributed by atoms with Crippen molar-refractivity contribution in [3.8, 4) is 5.75 Å². The van der Waals surface area contributed by atoms with E-state index in [1.165, 1.54) is 0 Å². The van der Waals surface area contributed by atoms with Gasteiger partial charge in [0.1, 0.15) is 5.75 Å². The summed E-state index contributed by atoms with van der Waals surface area (Å²) in [5.74, 6) is 0.850. The van der Waals surface area contributed by atoms with Crippen LogP contribution < -0.4 is 0 Å². The van der Waals surface area contributed by atoms with Gasteiger partial charge in [0.15, 0.2) is 5.84 Å². The summed E-state index contributed by atoms with van der Waals surface area (Å²) >= 11 is 0. The first-order valence-electron chi connectivity index (χ1n) is 3.73. The molecule has 3 heteroatoms. The van der Waals surface area contributed by atoms with Crippen LogP contribution in [0.2, 0.25) is 0 Å². The van der Waals surface area contributed by atoms with E-state index in [9.17, 15) is 5.11 Å². The van der Waals surface area contributed by atoms with Crippen LogP contribution >= 0.6 is 0 Å². The third-order valence-corrected chi connectivity index (χ3v) is 1.68. The molecule has 0 radical (unpaired) electrons. The highest BCUT2D eigenvalue weighted by atomic mass is 16.3. The van der Waals surface area contributed by atoms with E-state index in [0.29, 0.717) is 17.9 Å². The highest BCUT2D eigenvalue weighted by Crippen LogP contribution is 2.17. The largest absolute Gasteiger partial charge is 0.507 e. The van der Waals surface area contributed by atoms with Crippen LogP contribution in [-0.4, -0.2) is 23.7 Å². The maximum Gasteiger partial charge on any atom is 0.158 e. The number of rotatable bonds is 1. The third-order valence-electron chi connectivity index (χ3n) is 1.68. The Morgan fingerprint density at radius 3 is 2.75 bits per heavy atom. The lowest BCUT2D eigenvalue weighted by molar-refractivity contribution is 0.474. The summed E-state index contributed by atoms with van der Waals surface area (Å²) in [4.78, 5) is 8.13. The fourth-order valence-corrected chi connectivity index (χ4v) is 1.11. The molecular formula is C9H8N2O. The smallest absolute Gasteiger partial charge is 0.158 e. The quantitative estimate of drug-likeness (QED) is 0.659. The van der Waals surface area contributed by atoms with Gasteiger partial charge in [0.05, 0.1) is 12.1 Å². The molecule has 1 heterocycles. The summed E-state index contributed by atoms with van der Waals surface area (Å²) in [6.07, 6.45) is 1.72. The zero-order valence-electron chi connectivity index (χ0n) is 6.44. The van der Waals surface area contributed by atoms with Crippen LogP contribution in [0.15, 0.2) is 34.3 Å². The van der Waals surface area contributed by atoms with Crippen molar-refractivity contribution in [2.24, 2.45) is 9.98 Å². The molecule has 1 aliphatic heterocycles. The maximum atomic E-state index is 9.42. The number of benzene rings is 1. The highest BCUT2D eigenvalue weighted by molar-refractivity contribution is 6.07. The van der Waals surface area contributed by atoms with Crippen molar-refractivity contribution in [2.45, 2.75) is 0 Å². The lowest BCUT2D eigenvalue weighted by Gasteiger charge is -1.99. The maximum absolute atomic E-state index is 9.42. The molecule has 0 unspecified atom stereocenters. The van der Waals surface area contributed by atoms with Gasteiger partial charge in [0, 0.05) is 6.21 Å². The molecule has 60 valence electrons. The Balaban J connectivity index is 2.46. The molecule has 1 aromatic carbocycles. The topological polar surface area (TPSA) is 45.0 Å². The van der Waals surface area contributed by atoms with Gasteiger partial charge in [0.25, 0.3) is 0 Å². The lowest BCUT2D eigenvalue weighted by atomic mass is 10.2. The first-order chi connectivity index (χ1) is 5.88. The van der Waals surface area contributed by atoms with E-state index >= 15 is 0 Å². The standard InChI is InChI=1S/C9H8N2O/c12-8-4-2-1-3-7(8)9-10-5-6-11-9/h1-5,12H,6H2. The first kappa shape index (κ1) is 7.03. The van der Waals surface area contributed by atoms with Crippen LogP contribution in [0.5, 0.6) is 5.75 Å². The van der Waals surface area contributed by atoms with Crippen LogP contribution in [0, 0.1) is 0 Å². The van der Waals surface area contributed by atoms with Gasteiger partial charge in [-0.2, -0.15) is 0 Å². The van der Waals surface area contributed by atoms with Gasteiger partial charge in [-0.1, -0.05) is 12.1 Å². The molecular weight excluding hydrogens is 152 g/mol. The average molecular weight is 160 g/mol. The SMILES string of the molecule is Oc1ccccc1C1=NCC=N1. The summed E-state index contributed by atoms with van der Waals surface area (Å²) in [7, 11) is 0. The number of para-hydroxylation sites is 1. The number of aliphatic imine (C=N–C) groups is 2. The molecule has 0 fully saturated rings. The van der Waals surface area contributed by atoms with E-state index in [0.717, 1.165) is 0 Å². The Bertz CT molecular complexity index is 355. The Kier molecular flexibility index (Phi) is 1.63. The van der Waals surface area contributed by atoms with Crippen molar-refractivity contribution in [1.29, 1.82) is 0 Å². The second-order valence-corrected chi connectivity index (χ2v) is 2.49. The van der Waals surface area contributed by atoms with Gasteiger partial charge in [-0.15, -0.1) is 0 Å². The zero-order valence-corrected chi connectivity index (χ0v) is 6.44. The molecule has 0 atom stereocenters. The van der Waals surface area contributed by atoms with Crippen LogP contribution in [0.25, 0.3) is 0 Å². The first-order valence-corrected chi connectivity index (χ1v) is 3.73. The number of phenolic OH excluding ortho intramolecular Hbond substituents is 1. The molecule has 2 rings (SSSR count). The fraction of sp³-hybridized carbons (Fsp3) is 0.111. The minimum absolute atomic E-state index is 0.232. The zero-order chi connectivity index (χ0) is 8.39. The second kappa shape index (κ2) is 2.77. The average Bonchev–Trinajstić information content (AvgIpc) is 2.57. The molecule has 0 aliphatic carbocycles. The van der Waals surface area contributed by atoms with Crippen LogP contribution in [0.1, 0.15) is 5.56 Å². The Morgan fingerprint density at radius 1 is 1.25 bits per heavy atom. The van der Waals surface area contributed by atoms with Gasteiger partial charge in [-0.25, -0.2) is 4.99 Å². The highest BCUT2D eigenvalue weighted by Gasteiger charge is 2.08. The number of hydrogen-bond donors (Lipinski definition) is 1. The Hall–Kier alpha value is -1.64. The van der Waals surface area contributed by atoms with Crippen LogP contribution in [0.3, 0.4) is 0 Å². The monoisotopic (exact) mass is 160 g/mol. The van der Waals surface area contributed by atoms with Crippen molar-refractivity contribution in [1.82, 2.24) is 0 Å². The number of hydrogen-bond acceptors (Lipinski definition) is 3. The molecule has 12 heavy (non-hydrogen) atoms. The number of phenols is 1. The van der Waals surface area contributed by atoms with Crippen molar-refractivity contribution in [3.63, 3.8) is 0 Å². The summed E-state index contributed by atoms with van der Waals surface area (Å²) < 4.78 is 0. The normalized spacial score (nSPS) is 14.8. The van der Waals surface area contributed by atoms with Crippen molar-refractivity contribution >= 4 is 12.1 Å². The van der Waals surface area contributed by atoms with E-state index in [4.69, 9.17) is 0 Å².